The summed E-state index contributed by atoms with van der Waals surface area (Å²) in [5.41, 5.74) is 4.55. The van der Waals surface area contributed by atoms with E-state index in [0.717, 1.165) is 12.3 Å². The molecule has 0 heterocycles. The maximum absolute atomic E-state index is 3.75. The van der Waals surface area contributed by atoms with Crippen LogP contribution in [-0.2, 0) is 0 Å². The zero-order chi connectivity index (χ0) is 8.10. The van der Waals surface area contributed by atoms with Crippen LogP contribution in [0.25, 0.3) is 0 Å². The molecule has 0 aromatic heterocycles. The lowest BCUT2D eigenvalue weighted by Crippen LogP contribution is -2.07. The average Bonchev–Trinajstić information content (AvgIpc) is 2.09. The van der Waals surface area contributed by atoms with Crippen LogP contribution in [-0.4, -0.2) is 0 Å². The molecule has 0 spiro atoms. The van der Waals surface area contributed by atoms with E-state index >= 15 is 0 Å². The van der Waals surface area contributed by atoms with Crippen LogP contribution in [0.1, 0.15) is 45.4 Å². The van der Waals surface area contributed by atoms with Crippen LogP contribution >= 0.6 is 0 Å². The third kappa shape index (κ3) is 2.24. The van der Waals surface area contributed by atoms with Crippen molar-refractivity contribution >= 4 is 0 Å². The van der Waals surface area contributed by atoms with E-state index in [1.165, 1.54) is 37.7 Å². The van der Waals surface area contributed by atoms with Crippen molar-refractivity contribution in [2.75, 3.05) is 0 Å². The first-order valence-electron chi connectivity index (χ1n) is 4.77. The molecule has 0 saturated heterocycles. The molecule has 0 unspecified atom stereocenters. The zero-order valence-corrected chi connectivity index (χ0v) is 7.53. The second-order valence-corrected chi connectivity index (χ2v) is 3.39. The van der Waals surface area contributed by atoms with E-state index in [1.54, 1.807) is 0 Å². The highest BCUT2D eigenvalue weighted by Crippen LogP contribution is 2.30. The molecule has 1 aliphatic carbocycles. The molecule has 11 heavy (non-hydrogen) atoms. The smallest absolute Gasteiger partial charge is 0.0127 e. The molecule has 0 aliphatic heterocycles. The Morgan fingerprint density at radius 3 is 2.45 bits per heavy atom. The third-order valence-corrected chi connectivity index (χ3v) is 2.71. The van der Waals surface area contributed by atoms with E-state index in [2.05, 4.69) is 19.2 Å². The molecule has 1 fully saturated rings. The molecule has 62 valence electrons. The largest absolute Gasteiger partial charge is 0.129 e. The van der Waals surface area contributed by atoms with E-state index in [4.69, 9.17) is 0 Å². The minimum Gasteiger partial charge on any atom is -0.129 e. The lowest BCUT2D eigenvalue weighted by Gasteiger charge is -2.22. The number of rotatable bonds is 2. The Hall–Kier alpha value is -0.480. The van der Waals surface area contributed by atoms with Crippen molar-refractivity contribution in [3.8, 4) is 0 Å². The summed E-state index contributed by atoms with van der Waals surface area (Å²) in [6, 6.07) is 0. The SMILES string of the molecule is C=C=C(CC)C1CCCCC1. The van der Waals surface area contributed by atoms with Crippen LogP contribution in [0.3, 0.4) is 0 Å². The Morgan fingerprint density at radius 1 is 1.36 bits per heavy atom. The summed E-state index contributed by atoms with van der Waals surface area (Å²) >= 11 is 0. The van der Waals surface area contributed by atoms with Crippen molar-refractivity contribution in [3.63, 3.8) is 0 Å². The van der Waals surface area contributed by atoms with Crippen LogP contribution in [0.4, 0.5) is 0 Å². The van der Waals surface area contributed by atoms with Gasteiger partial charge in [-0.15, -0.1) is 5.73 Å². The van der Waals surface area contributed by atoms with Crippen molar-refractivity contribution in [3.05, 3.63) is 17.9 Å². The molecule has 0 bridgehead atoms. The Bertz CT molecular complexity index is 155. The normalized spacial score (nSPS) is 19.4. The number of hydrogen-bond acceptors (Lipinski definition) is 0. The highest BCUT2D eigenvalue weighted by Gasteiger charge is 2.15. The fourth-order valence-corrected chi connectivity index (χ4v) is 2.01. The van der Waals surface area contributed by atoms with Crippen LogP contribution in [0.15, 0.2) is 17.9 Å². The van der Waals surface area contributed by atoms with E-state index in [1.807, 2.05) is 0 Å². The Labute approximate surface area is 70.0 Å². The lowest BCUT2D eigenvalue weighted by atomic mass is 9.83. The first-order valence-corrected chi connectivity index (χ1v) is 4.77. The number of allylic oxidation sites excluding steroid dienone is 1. The molecule has 1 rings (SSSR count). The van der Waals surface area contributed by atoms with Gasteiger partial charge < -0.3 is 0 Å². The first-order chi connectivity index (χ1) is 5.38. The highest BCUT2D eigenvalue weighted by molar-refractivity contribution is 5.04. The van der Waals surface area contributed by atoms with Crippen molar-refractivity contribution in [1.29, 1.82) is 0 Å². The molecular weight excluding hydrogens is 132 g/mol. The van der Waals surface area contributed by atoms with Gasteiger partial charge in [0.2, 0.25) is 0 Å². The molecule has 0 N–H and O–H groups in total. The van der Waals surface area contributed by atoms with E-state index in [0.29, 0.717) is 0 Å². The van der Waals surface area contributed by atoms with Gasteiger partial charge in [0.25, 0.3) is 0 Å². The van der Waals surface area contributed by atoms with Crippen molar-refractivity contribution in [1.82, 2.24) is 0 Å². The second kappa shape index (κ2) is 4.41. The Morgan fingerprint density at radius 2 is 2.00 bits per heavy atom. The van der Waals surface area contributed by atoms with Gasteiger partial charge in [-0.1, -0.05) is 32.8 Å². The van der Waals surface area contributed by atoms with Gasteiger partial charge in [0.1, 0.15) is 0 Å². The zero-order valence-electron chi connectivity index (χ0n) is 7.53. The predicted octanol–water partition coefficient (Wildman–Crippen LogP) is 3.69. The van der Waals surface area contributed by atoms with Gasteiger partial charge in [0, 0.05) is 0 Å². The Kier molecular flexibility index (Phi) is 3.45. The van der Waals surface area contributed by atoms with Gasteiger partial charge in [0.15, 0.2) is 0 Å². The number of hydrogen-bond donors (Lipinski definition) is 0. The highest BCUT2D eigenvalue weighted by atomic mass is 14.2. The molecule has 0 atom stereocenters. The molecule has 0 aromatic rings. The fraction of sp³-hybridized carbons (Fsp3) is 0.727. The fourth-order valence-electron chi connectivity index (χ4n) is 2.01. The first kappa shape index (κ1) is 8.62. The quantitative estimate of drug-likeness (QED) is 0.527. The van der Waals surface area contributed by atoms with E-state index in [9.17, 15) is 0 Å². The van der Waals surface area contributed by atoms with Gasteiger partial charge in [-0.05, 0) is 30.8 Å². The van der Waals surface area contributed by atoms with Gasteiger partial charge in [0.05, 0.1) is 0 Å². The average molecular weight is 150 g/mol. The summed E-state index contributed by atoms with van der Waals surface area (Å²) < 4.78 is 0. The summed E-state index contributed by atoms with van der Waals surface area (Å²) in [6.07, 6.45) is 8.17. The topological polar surface area (TPSA) is 0 Å². The minimum absolute atomic E-state index is 0.825. The van der Waals surface area contributed by atoms with Crippen LogP contribution in [0, 0.1) is 5.92 Å². The molecule has 1 saturated carbocycles. The van der Waals surface area contributed by atoms with Gasteiger partial charge in [-0.25, -0.2) is 0 Å². The van der Waals surface area contributed by atoms with Crippen molar-refractivity contribution < 1.29 is 0 Å². The van der Waals surface area contributed by atoms with Crippen molar-refractivity contribution in [2.45, 2.75) is 45.4 Å². The molecule has 0 aromatic carbocycles. The van der Waals surface area contributed by atoms with Crippen LogP contribution in [0.2, 0.25) is 0 Å². The summed E-state index contributed by atoms with van der Waals surface area (Å²) in [6.45, 7) is 5.96. The third-order valence-electron chi connectivity index (χ3n) is 2.71. The molecule has 0 radical (unpaired) electrons. The second-order valence-electron chi connectivity index (χ2n) is 3.39. The van der Waals surface area contributed by atoms with E-state index in [-0.39, 0.29) is 0 Å². The minimum atomic E-state index is 0.825. The van der Waals surface area contributed by atoms with Crippen LogP contribution in [0.5, 0.6) is 0 Å². The Balaban J connectivity index is 2.50. The van der Waals surface area contributed by atoms with Gasteiger partial charge >= 0.3 is 0 Å². The standard InChI is InChI=1S/C11H18/c1-3-10(4-2)11-8-6-5-7-9-11/h11H,1,4-9H2,2H3. The summed E-state index contributed by atoms with van der Waals surface area (Å²) in [5, 5.41) is 0. The predicted molar refractivity (Wildman–Crippen MR) is 49.5 cm³/mol. The van der Waals surface area contributed by atoms with E-state index < -0.39 is 0 Å². The molecule has 0 heteroatoms. The molecule has 1 aliphatic rings. The van der Waals surface area contributed by atoms with Gasteiger partial charge in [-0.3, -0.25) is 0 Å². The monoisotopic (exact) mass is 150 g/mol. The van der Waals surface area contributed by atoms with Gasteiger partial charge in [-0.2, -0.15) is 0 Å². The summed E-state index contributed by atoms with van der Waals surface area (Å²) in [5.74, 6) is 0.825. The van der Waals surface area contributed by atoms with Crippen molar-refractivity contribution in [2.24, 2.45) is 5.92 Å². The maximum Gasteiger partial charge on any atom is -0.0127 e. The molecule has 0 amide bonds. The van der Waals surface area contributed by atoms with Crippen LogP contribution < -0.4 is 0 Å². The summed E-state index contributed by atoms with van der Waals surface area (Å²) in [4.78, 5) is 0. The molecule has 0 nitrogen and oxygen atoms in total. The lowest BCUT2D eigenvalue weighted by molar-refractivity contribution is 0.397. The molecular formula is C11H18. The summed E-state index contributed by atoms with van der Waals surface area (Å²) in [7, 11) is 0. The maximum atomic E-state index is 3.75.